The second-order valence-electron chi connectivity index (χ2n) is 6.41. The predicted octanol–water partition coefficient (Wildman–Crippen LogP) is 4.19. The van der Waals surface area contributed by atoms with Crippen molar-refractivity contribution in [3.05, 3.63) is 35.9 Å². The van der Waals surface area contributed by atoms with Gasteiger partial charge < -0.3 is 0 Å². The Hall–Kier alpha value is -1.11. The molecule has 1 aliphatic rings. The van der Waals surface area contributed by atoms with Crippen LogP contribution in [0.2, 0.25) is 0 Å². The van der Waals surface area contributed by atoms with Crippen LogP contribution < -0.4 is 0 Å². The lowest BCUT2D eigenvalue weighted by atomic mass is 9.87. The van der Waals surface area contributed by atoms with Crippen LogP contribution in [-0.4, -0.2) is 5.78 Å². The van der Waals surface area contributed by atoms with Gasteiger partial charge in [0.15, 0.2) is 5.78 Å². The van der Waals surface area contributed by atoms with Crippen molar-refractivity contribution < 1.29 is 4.79 Å². The van der Waals surface area contributed by atoms with Crippen molar-refractivity contribution in [3.8, 4) is 0 Å². The predicted molar refractivity (Wildman–Crippen MR) is 71.0 cm³/mol. The molecule has 1 aromatic carbocycles. The van der Waals surface area contributed by atoms with E-state index in [1.165, 1.54) is 0 Å². The molecule has 3 unspecified atom stereocenters. The Kier molecular flexibility index (Phi) is 3.11. The first-order valence-electron chi connectivity index (χ1n) is 6.49. The fraction of sp³-hybridized carbons (Fsp3) is 0.562. The van der Waals surface area contributed by atoms with Gasteiger partial charge in [-0.25, -0.2) is 0 Å². The molecule has 0 N–H and O–H groups in total. The van der Waals surface area contributed by atoms with Crippen molar-refractivity contribution in [1.29, 1.82) is 0 Å². The van der Waals surface area contributed by atoms with Gasteiger partial charge in [-0.1, -0.05) is 58.0 Å². The molecule has 2 rings (SSSR count). The van der Waals surface area contributed by atoms with Crippen LogP contribution in [0.1, 0.15) is 44.5 Å². The van der Waals surface area contributed by atoms with Gasteiger partial charge in [0.05, 0.1) is 0 Å². The minimum atomic E-state index is 0.300. The number of ketones is 1. The maximum absolute atomic E-state index is 12.1. The molecular formula is C16H22O. The molecule has 1 saturated carbocycles. The third kappa shape index (κ3) is 2.59. The van der Waals surface area contributed by atoms with Crippen LogP contribution in [0.4, 0.5) is 0 Å². The minimum Gasteiger partial charge on any atom is -0.294 e. The van der Waals surface area contributed by atoms with Crippen molar-refractivity contribution >= 4 is 5.78 Å². The topological polar surface area (TPSA) is 17.1 Å². The van der Waals surface area contributed by atoms with E-state index in [9.17, 15) is 4.79 Å². The third-order valence-electron chi connectivity index (χ3n) is 4.08. The van der Waals surface area contributed by atoms with Gasteiger partial charge in [-0.3, -0.25) is 4.79 Å². The summed E-state index contributed by atoms with van der Waals surface area (Å²) >= 11 is 0. The van der Waals surface area contributed by atoms with Crippen LogP contribution in [0.5, 0.6) is 0 Å². The number of hydrogen-bond acceptors (Lipinski definition) is 1. The molecule has 0 spiro atoms. The third-order valence-corrected chi connectivity index (χ3v) is 4.08. The molecule has 0 aromatic heterocycles. The Balaban J connectivity index is 1.98. The van der Waals surface area contributed by atoms with Crippen LogP contribution >= 0.6 is 0 Å². The first-order valence-corrected chi connectivity index (χ1v) is 6.49. The van der Waals surface area contributed by atoms with E-state index in [4.69, 9.17) is 0 Å². The summed E-state index contributed by atoms with van der Waals surface area (Å²) in [7, 11) is 0. The van der Waals surface area contributed by atoms with Gasteiger partial charge in [-0.2, -0.15) is 0 Å². The van der Waals surface area contributed by atoms with Gasteiger partial charge in [0.1, 0.15) is 0 Å². The lowest BCUT2D eigenvalue weighted by molar-refractivity contribution is 0.0970. The monoisotopic (exact) mass is 230 g/mol. The molecule has 17 heavy (non-hydrogen) atoms. The van der Waals surface area contributed by atoms with Gasteiger partial charge in [-0.05, 0) is 23.2 Å². The van der Waals surface area contributed by atoms with Gasteiger partial charge in [-0.15, -0.1) is 0 Å². The molecule has 0 bridgehead atoms. The molecule has 1 nitrogen and oxygen atoms in total. The van der Waals surface area contributed by atoms with Crippen LogP contribution in [0, 0.1) is 23.2 Å². The summed E-state index contributed by atoms with van der Waals surface area (Å²) < 4.78 is 0. The van der Waals surface area contributed by atoms with E-state index in [0.717, 1.165) is 5.56 Å². The van der Waals surface area contributed by atoms with Gasteiger partial charge in [0.25, 0.3) is 0 Å². The summed E-state index contributed by atoms with van der Waals surface area (Å²) in [5.74, 6) is 2.29. The Morgan fingerprint density at radius 3 is 2.24 bits per heavy atom. The van der Waals surface area contributed by atoms with E-state index in [-0.39, 0.29) is 0 Å². The number of Topliss-reactive ketones (excluding diaryl/α,β-unsaturated/α-hetero) is 1. The van der Waals surface area contributed by atoms with E-state index in [0.29, 0.717) is 35.4 Å². The molecule has 3 atom stereocenters. The molecule has 1 aliphatic carbocycles. The standard InChI is InChI=1S/C16H22O/c1-11-13(15(11)16(2,3)4)10-14(17)12-8-6-5-7-9-12/h5-9,11,13,15H,10H2,1-4H3. The summed E-state index contributed by atoms with van der Waals surface area (Å²) in [6.45, 7) is 9.11. The molecule has 0 radical (unpaired) electrons. The SMILES string of the molecule is CC1C(CC(=O)c2ccccc2)C1C(C)(C)C. The molecule has 0 aliphatic heterocycles. The van der Waals surface area contributed by atoms with Crippen LogP contribution in [0.15, 0.2) is 30.3 Å². The molecule has 1 fully saturated rings. The zero-order chi connectivity index (χ0) is 12.6. The minimum absolute atomic E-state index is 0.300. The number of benzene rings is 1. The quantitative estimate of drug-likeness (QED) is 0.712. The highest BCUT2D eigenvalue weighted by Crippen LogP contribution is 2.57. The zero-order valence-electron chi connectivity index (χ0n) is 11.2. The fourth-order valence-electron chi connectivity index (χ4n) is 3.25. The number of carbonyl (C=O) groups is 1. The fourth-order valence-corrected chi connectivity index (χ4v) is 3.25. The van der Waals surface area contributed by atoms with E-state index in [1.807, 2.05) is 30.3 Å². The maximum Gasteiger partial charge on any atom is 0.163 e. The average Bonchev–Trinajstić information content (AvgIpc) is 2.90. The van der Waals surface area contributed by atoms with Crippen LogP contribution in [-0.2, 0) is 0 Å². The van der Waals surface area contributed by atoms with E-state index >= 15 is 0 Å². The highest BCUT2D eigenvalue weighted by atomic mass is 16.1. The van der Waals surface area contributed by atoms with Crippen molar-refractivity contribution in [2.45, 2.75) is 34.1 Å². The number of hydrogen-bond donors (Lipinski definition) is 0. The maximum atomic E-state index is 12.1. The number of rotatable bonds is 3. The molecule has 0 saturated heterocycles. The molecule has 92 valence electrons. The summed E-state index contributed by atoms with van der Waals surface area (Å²) in [6, 6.07) is 9.66. The Bertz CT molecular complexity index is 399. The first-order chi connectivity index (χ1) is 7.91. The van der Waals surface area contributed by atoms with Gasteiger partial charge >= 0.3 is 0 Å². The van der Waals surface area contributed by atoms with E-state index in [1.54, 1.807) is 0 Å². The highest BCUT2D eigenvalue weighted by molar-refractivity contribution is 5.96. The Morgan fingerprint density at radius 1 is 1.18 bits per heavy atom. The molecular weight excluding hydrogens is 208 g/mol. The average molecular weight is 230 g/mol. The van der Waals surface area contributed by atoms with E-state index in [2.05, 4.69) is 27.7 Å². The largest absolute Gasteiger partial charge is 0.294 e. The van der Waals surface area contributed by atoms with Gasteiger partial charge in [0.2, 0.25) is 0 Å². The van der Waals surface area contributed by atoms with Crippen LogP contribution in [0.25, 0.3) is 0 Å². The molecule has 0 amide bonds. The first kappa shape index (κ1) is 12.3. The summed E-state index contributed by atoms with van der Waals surface area (Å²) in [4.78, 5) is 12.1. The Labute approximate surface area is 104 Å². The van der Waals surface area contributed by atoms with Crippen molar-refractivity contribution in [2.24, 2.45) is 23.2 Å². The highest BCUT2D eigenvalue weighted by Gasteiger charge is 2.52. The molecule has 0 heterocycles. The van der Waals surface area contributed by atoms with Crippen molar-refractivity contribution in [3.63, 3.8) is 0 Å². The van der Waals surface area contributed by atoms with E-state index < -0.39 is 0 Å². The normalized spacial score (nSPS) is 27.9. The second kappa shape index (κ2) is 4.29. The van der Waals surface area contributed by atoms with Crippen molar-refractivity contribution in [1.82, 2.24) is 0 Å². The van der Waals surface area contributed by atoms with Crippen LogP contribution in [0.3, 0.4) is 0 Å². The molecule has 1 aromatic rings. The lowest BCUT2D eigenvalue weighted by Crippen LogP contribution is -2.11. The lowest BCUT2D eigenvalue weighted by Gasteiger charge is -2.18. The van der Waals surface area contributed by atoms with Crippen molar-refractivity contribution in [2.75, 3.05) is 0 Å². The summed E-state index contributed by atoms with van der Waals surface area (Å²) in [5.41, 5.74) is 1.19. The molecule has 1 heteroatoms. The number of carbonyl (C=O) groups excluding carboxylic acids is 1. The summed E-state index contributed by atoms with van der Waals surface area (Å²) in [5, 5.41) is 0. The smallest absolute Gasteiger partial charge is 0.163 e. The van der Waals surface area contributed by atoms with Gasteiger partial charge in [0, 0.05) is 12.0 Å². The Morgan fingerprint density at radius 2 is 1.76 bits per heavy atom. The second-order valence-corrected chi connectivity index (χ2v) is 6.41. The summed E-state index contributed by atoms with van der Waals surface area (Å²) in [6.07, 6.45) is 0.715. The zero-order valence-corrected chi connectivity index (χ0v) is 11.2.